The molecule has 0 bridgehead atoms. The van der Waals surface area contributed by atoms with E-state index in [2.05, 4.69) is 15.3 Å². The number of halogens is 3. The Kier molecular flexibility index (Phi) is 3.68. The zero-order valence-corrected chi connectivity index (χ0v) is 10.3. The van der Waals surface area contributed by atoms with E-state index in [0.717, 1.165) is 10.9 Å². The lowest BCUT2D eigenvalue weighted by Gasteiger charge is -2.05. The van der Waals surface area contributed by atoms with Crippen LogP contribution in [0.4, 0.5) is 13.2 Å². The highest BCUT2D eigenvalue weighted by atomic mass is 19.4. The number of carbonyl (C=O) groups is 1. The molecule has 0 amide bonds. The second-order valence-electron chi connectivity index (χ2n) is 3.80. The largest absolute Gasteiger partial charge is 0.481 e. The number of alkyl halides is 3. The van der Waals surface area contributed by atoms with Gasteiger partial charge in [-0.05, 0) is 6.07 Å². The minimum absolute atomic E-state index is 0.0924. The van der Waals surface area contributed by atoms with Gasteiger partial charge in [-0.1, -0.05) is 11.3 Å². The van der Waals surface area contributed by atoms with Gasteiger partial charge in [-0.15, -0.1) is 5.10 Å². The molecule has 6 nitrogen and oxygen atoms in total. The van der Waals surface area contributed by atoms with E-state index in [1.165, 1.54) is 13.3 Å². The van der Waals surface area contributed by atoms with Gasteiger partial charge in [-0.2, -0.15) is 13.2 Å². The van der Waals surface area contributed by atoms with Gasteiger partial charge in [-0.25, -0.2) is 9.67 Å². The van der Waals surface area contributed by atoms with Crippen molar-refractivity contribution in [2.45, 2.75) is 12.7 Å². The summed E-state index contributed by atoms with van der Waals surface area (Å²) in [5, 5.41) is 6.70. The van der Waals surface area contributed by atoms with Crippen LogP contribution in [0.5, 0.6) is 5.88 Å². The highest BCUT2D eigenvalue weighted by Crippen LogP contribution is 2.20. The molecule has 0 atom stereocenters. The highest BCUT2D eigenvalue weighted by Gasteiger charge is 2.41. The van der Waals surface area contributed by atoms with Gasteiger partial charge in [0.1, 0.15) is 0 Å². The van der Waals surface area contributed by atoms with Gasteiger partial charge in [0, 0.05) is 11.8 Å². The summed E-state index contributed by atoms with van der Waals surface area (Å²) >= 11 is 0. The second-order valence-corrected chi connectivity index (χ2v) is 3.80. The Hall–Kier alpha value is -2.45. The molecule has 9 heteroatoms. The standard InChI is InChI=1S/C11H9F3N4O2/c1-20-10-7(3-2-4-15-10)5-18-6-8(16-17-18)9(19)11(12,13)14/h2-4,6H,5H2,1H3. The number of pyridine rings is 1. The van der Waals surface area contributed by atoms with E-state index in [9.17, 15) is 18.0 Å². The first-order chi connectivity index (χ1) is 9.41. The number of hydrogen-bond donors (Lipinski definition) is 0. The molecule has 2 rings (SSSR count). The van der Waals surface area contributed by atoms with Crippen LogP contribution in [-0.2, 0) is 6.54 Å². The van der Waals surface area contributed by atoms with Crippen molar-refractivity contribution in [3.05, 3.63) is 35.8 Å². The van der Waals surface area contributed by atoms with Gasteiger partial charge >= 0.3 is 6.18 Å². The molecule has 20 heavy (non-hydrogen) atoms. The normalized spacial score (nSPS) is 11.4. The maximum absolute atomic E-state index is 12.2. The lowest BCUT2D eigenvalue weighted by Crippen LogP contribution is -2.23. The quantitative estimate of drug-likeness (QED) is 0.796. The molecule has 2 aromatic heterocycles. The van der Waals surface area contributed by atoms with Crippen LogP contribution in [0.15, 0.2) is 24.5 Å². The van der Waals surface area contributed by atoms with Crippen molar-refractivity contribution in [2.24, 2.45) is 0 Å². The fourth-order valence-electron chi connectivity index (χ4n) is 1.53. The van der Waals surface area contributed by atoms with Crippen LogP contribution in [0.2, 0.25) is 0 Å². The maximum atomic E-state index is 12.2. The first-order valence-electron chi connectivity index (χ1n) is 5.41. The van der Waals surface area contributed by atoms with Crippen molar-refractivity contribution in [1.29, 1.82) is 0 Å². The molecule has 0 saturated heterocycles. The van der Waals surface area contributed by atoms with Crippen LogP contribution >= 0.6 is 0 Å². The molecule has 106 valence electrons. The number of hydrogen-bond acceptors (Lipinski definition) is 5. The van der Waals surface area contributed by atoms with Crippen LogP contribution in [0, 0.1) is 0 Å². The second kappa shape index (κ2) is 5.27. The third kappa shape index (κ3) is 2.92. The molecule has 0 unspecified atom stereocenters. The zero-order valence-electron chi connectivity index (χ0n) is 10.3. The maximum Gasteiger partial charge on any atom is 0.456 e. The van der Waals surface area contributed by atoms with E-state index < -0.39 is 17.7 Å². The number of methoxy groups -OCH3 is 1. The molecule has 0 spiro atoms. The molecule has 0 aromatic carbocycles. The van der Waals surface area contributed by atoms with Crippen LogP contribution < -0.4 is 4.74 Å². The highest BCUT2D eigenvalue weighted by molar-refractivity contribution is 5.98. The van der Waals surface area contributed by atoms with Crippen molar-refractivity contribution >= 4 is 5.78 Å². The summed E-state index contributed by atoms with van der Waals surface area (Å²) in [4.78, 5) is 14.9. The number of ether oxygens (including phenoxy) is 1. The predicted molar refractivity (Wildman–Crippen MR) is 60.3 cm³/mol. The topological polar surface area (TPSA) is 69.9 Å². The van der Waals surface area contributed by atoms with Crippen molar-refractivity contribution < 1.29 is 22.7 Å². The Morgan fingerprint density at radius 3 is 2.85 bits per heavy atom. The van der Waals surface area contributed by atoms with E-state index in [0.29, 0.717) is 11.4 Å². The monoisotopic (exact) mass is 286 g/mol. The minimum atomic E-state index is -4.97. The van der Waals surface area contributed by atoms with Crippen LogP contribution in [0.25, 0.3) is 0 Å². The van der Waals surface area contributed by atoms with Gasteiger partial charge in [-0.3, -0.25) is 4.79 Å². The first kappa shape index (κ1) is 14.0. The van der Waals surface area contributed by atoms with Gasteiger partial charge < -0.3 is 4.74 Å². The number of Topliss-reactive ketones (excluding diaryl/α,β-unsaturated/α-hetero) is 1. The molecular weight excluding hydrogens is 277 g/mol. The molecule has 0 fully saturated rings. The van der Waals surface area contributed by atoms with Crippen molar-refractivity contribution in [3.8, 4) is 5.88 Å². The molecular formula is C11H9F3N4O2. The molecule has 0 radical (unpaired) electrons. The van der Waals surface area contributed by atoms with Crippen molar-refractivity contribution in [2.75, 3.05) is 7.11 Å². The minimum Gasteiger partial charge on any atom is -0.481 e. The number of nitrogens with zero attached hydrogens (tertiary/aromatic N) is 4. The van der Waals surface area contributed by atoms with Crippen molar-refractivity contribution in [1.82, 2.24) is 20.0 Å². The molecule has 0 saturated carbocycles. The summed E-state index contributed by atoms with van der Waals surface area (Å²) in [5.41, 5.74) is -0.147. The lowest BCUT2D eigenvalue weighted by molar-refractivity contribution is -0.0888. The molecule has 2 heterocycles. The third-order valence-corrected chi connectivity index (χ3v) is 2.40. The Balaban J connectivity index is 2.20. The first-order valence-corrected chi connectivity index (χ1v) is 5.41. The Morgan fingerprint density at radius 1 is 1.45 bits per heavy atom. The zero-order chi connectivity index (χ0) is 14.8. The number of rotatable bonds is 4. The molecule has 0 N–H and O–H groups in total. The summed E-state index contributed by atoms with van der Waals surface area (Å²) in [6.07, 6.45) is -2.52. The predicted octanol–water partition coefficient (Wildman–Crippen LogP) is 1.47. The molecule has 0 aliphatic carbocycles. The molecule has 2 aromatic rings. The van der Waals surface area contributed by atoms with Gasteiger partial charge in [0.15, 0.2) is 5.69 Å². The average Bonchev–Trinajstić information content (AvgIpc) is 2.86. The van der Waals surface area contributed by atoms with E-state index in [-0.39, 0.29) is 6.54 Å². The number of aromatic nitrogens is 4. The summed E-state index contributed by atoms with van der Waals surface area (Å²) in [7, 11) is 1.42. The van der Waals surface area contributed by atoms with Crippen LogP contribution in [0.1, 0.15) is 16.1 Å². The Morgan fingerprint density at radius 2 is 2.20 bits per heavy atom. The summed E-state index contributed by atoms with van der Waals surface area (Å²) in [5.74, 6) is -1.70. The fourth-order valence-corrected chi connectivity index (χ4v) is 1.53. The summed E-state index contributed by atoms with van der Waals surface area (Å²) in [6.45, 7) is 0.0924. The van der Waals surface area contributed by atoms with Crippen molar-refractivity contribution in [3.63, 3.8) is 0 Å². The summed E-state index contributed by atoms with van der Waals surface area (Å²) < 4.78 is 42.8. The van der Waals surface area contributed by atoms with E-state index in [1.807, 2.05) is 0 Å². The lowest BCUT2D eigenvalue weighted by atomic mass is 10.2. The smallest absolute Gasteiger partial charge is 0.456 e. The van der Waals surface area contributed by atoms with E-state index >= 15 is 0 Å². The Labute approximate surface area is 111 Å². The van der Waals surface area contributed by atoms with Crippen LogP contribution in [-0.4, -0.2) is 39.0 Å². The van der Waals surface area contributed by atoms with Gasteiger partial charge in [0.25, 0.3) is 5.78 Å². The van der Waals surface area contributed by atoms with Crippen LogP contribution in [0.3, 0.4) is 0 Å². The van der Waals surface area contributed by atoms with E-state index in [1.54, 1.807) is 12.1 Å². The van der Waals surface area contributed by atoms with Gasteiger partial charge in [0.2, 0.25) is 5.88 Å². The summed E-state index contributed by atoms with van der Waals surface area (Å²) in [6, 6.07) is 3.33. The fraction of sp³-hybridized carbons (Fsp3) is 0.273. The third-order valence-electron chi connectivity index (χ3n) is 2.40. The van der Waals surface area contributed by atoms with Gasteiger partial charge in [0.05, 0.1) is 19.9 Å². The van der Waals surface area contributed by atoms with E-state index in [4.69, 9.17) is 4.74 Å². The molecule has 0 aliphatic rings. The SMILES string of the molecule is COc1ncccc1Cn1cc(C(=O)C(F)(F)F)nn1. The number of carbonyl (C=O) groups excluding carboxylic acids is 1. The number of ketones is 1. The average molecular weight is 286 g/mol. The Bertz CT molecular complexity index is 624. The molecule has 0 aliphatic heterocycles.